The number of benzene rings is 1. The lowest BCUT2D eigenvalue weighted by Gasteiger charge is -2.26. The van der Waals surface area contributed by atoms with E-state index in [1.165, 1.54) is 20.8 Å². The fraction of sp³-hybridized carbons (Fsp3) is 0.474. The fourth-order valence-electron chi connectivity index (χ4n) is 3.77. The molecule has 0 N–H and O–H groups in total. The van der Waals surface area contributed by atoms with Crippen LogP contribution in [-0.4, -0.2) is 46.3 Å². The van der Waals surface area contributed by atoms with Gasteiger partial charge in [-0.15, -0.1) is 0 Å². The number of esters is 3. The quantitative estimate of drug-likeness (QED) is 0.474. The Labute approximate surface area is 187 Å². The Hall–Kier alpha value is -2.03. The number of carbonyl (C=O) groups excluding carboxylic acids is 3. The van der Waals surface area contributed by atoms with Crippen LogP contribution in [0.15, 0.2) is 12.1 Å². The molecule has 1 fully saturated rings. The molecule has 1 aliphatic rings. The van der Waals surface area contributed by atoms with Crippen molar-refractivity contribution in [3.63, 3.8) is 0 Å². The third kappa shape index (κ3) is 4.66. The number of ether oxygens (including phenoxy) is 3. The van der Waals surface area contributed by atoms with E-state index in [-0.39, 0.29) is 11.9 Å². The first kappa shape index (κ1) is 22.7. The lowest BCUT2D eigenvalue weighted by molar-refractivity contribution is -0.168. The third-order valence-corrected chi connectivity index (χ3v) is 5.83. The lowest BCUT2D eigenvalue weighted by Crippen LogP contribution is -2.38. The Morgan fingerprint density at radius 1 is 1.00 bits per heavy atom. The Kier molecular flexibility index (Phi) is 6.79. The van der Waals surface area contributed by atoms with Crippen LogP contribution in [0, 0.1) is 5.92 Å². The van der Waals surface area contributed by atoms with Gasteiger partial charge in [0.2, 0.25) is 5.28 Å². The molecular formula is C19H19Cl3N2O6. The van der Waals surface area contributed by atoms with Crippen molar-refractivity contribution in [2.24, 2.45) is 5.92 Å². The minimum absolute atomic E-state index is 0.0155. The van der Waals surface area contributed by atoms with Crippen molar-refractivity contribution in [2.75, 3.05) is 6.61 Å². The van der Waals surface area contributed by atoms with Crippen molar-refractivity contribution in [1.82, 2.24) is 9.55 Å². The van der Waals surface area contributed by atoms with Gasteiger partial charge < -0.3 is 18.8 Å². The van der Waals surface area contributed by atoms with Crippen LogP contribution >= 0.6 is 34.8 Å². The average molecular weight is 478 g/mol. The number of halogens is 3. The topological polar surface area (TPSA) is 96.7 Å². The largest absolute Gasteiger partial charge is 0.465 e. The van der Waals surface area contributed by atoms with Crippen molar-refractivity contribution in [3.8, 4) is 0 Å². The lowest BCUT2D eigenvalue weighted by atomic mass is 10.1. The van der Waals surface area contributed by atoms with E-state index in [1.807, 2.05) is 0 Å². The van der Waals surface area contributed by atoms with Crippen molar-refractivity contribution in [3.05, 3.63) is 27.5 Å². The molecule has 30 heavy (non-hydrogen) atoms. The summed E-state index contributed by atoms with van der Waals surface area (Å²) in [5.41, 5.74) is 1.08. The summed E-state index contributed by atoms with van der Waals surface area (Å²) < 4.78 is 17.8. The van der Waals surface area contributed by atoms with E-state index < -0.39 is 42.1 Å². The number of hydrogen-bond donors (Lipinski definition) is 0. The summed E-state index contributed by atoms with van der Waals surface area (Å²) in [7, 11) is 0. The molecule has 1 aliphatic carbocycles. The maximum atomic E-state index is 11.8. The molecule has 8 nitrogen and oxygen atoms in total. The molecule has 0 aliphatic heterocycles. The molecule has 3 rings (SSSR count). The number of carbonyl (C=O) groups is 3. The van der Waals surface area contributed by atoms with Crippen molar-refractivity contribution in [1.29, 1.82) is 0 Å². The standard InChI is InChI=1S/C19H19Cl3N2O6/c1-8(25)28-7-11-4-16(18(30-10(3)27)17(11)29-9(2)26)24-15-6-13(21)12(20)5-14(15)23-19(24)22/h5-6,11,16-18H,4,7H2,1-3H3/t11-,16-,17?,18+/m0/s1. The number of imidazole rings is 1. The predicted octanol–water partition coefficient (Wildman–Crippen LogP) is 3.98. The molecule has 1 heterocycles. The van der Waals surface area contributed by atoms with Crippen LogP contribution in [0.3, 0.4) is 0 Å². The maximum absolute atomic E-state index is 11.8. The molecule has 0 amide bonds. The summed E-state index contributed by atoms with van der Waals surface area (Å²) in [4.78, 5) is 39.2. The summed E-state index contributed by atoms with van der Waals surface area (Å²) in [6.45, 7) is 3.77. The van der Waals surface area contributed by atoms with Crippen LogP contribution in [0.1, 0.15) is 33.2 Å². The highest BCUT2D eigenvalue weighted by Gasteiger charge is 2.50. The molecule has 162 valence electrons. The molecule has 0 spiro atoms. The van der Waals surface area contributed by atoms with Crippen LogP contribution in [0.25, 0.3) is 11.0 Å². The molecule has 11 heteroatoms. The molecule has 0 saturated heterocycles. The van der Waals surface area contributed by atoms with Gasteiger partial charge in [-0.2, -0.15) is 0 Å². The molecule has 1 aromatic carbocycles. The molecule has 1 unspecified atom stereocenters. The van der Waals surface area contributed by atoms with Gasteiger partial charge in [-0.05, 0) is 30.2 Å². The van der Waals surface area contributed by atoms with Gasteiger partial charge in [0.1, 0.15) is 6.10 Å². The highest BCUT2D eigenvalue weighted by molar-refractivity contribution is 6.42. The van der Waals surface area contributed by atoms with Gasteiger partial charge in [0, 0.05) is 26.7 Å². The summed E-state index contributed by atoms with van der Waals surface area (Å²) in [5.74, 6) is -2.01. The van der Waals surface area contributed by atoms with E-state index in [1.54, 1.807) is 16.7 Å². The van der Waals surface area contributed by atoms with Crippen molar-refractivity contribution in [2.45, 2.75) is 45.4 Å². The van der Waals surface area contributed by atoms with E-state index in [2.05, 4.69) is 4.98 Å². The first-order chi connectivity index (χ1) is 14.1. The average Bonchev–Trinajstić information content (AvgIpc) is 3.10. The van der Waals surface area contributed by atoms with Crippen molar-refractivity contribution < 1.29 is 28.6 Å². The highest BCUT2D eigenvalue weighted by Crippen LogP contribution is 2.43. The van der Waals surface area contributed by atoms with Crippen LogP contribution in [-0.2, 0) is 28.6 Å². The second kappa shape index (κ2) is 8.99. The zero-order valence-corrected chi connectivity index (χ0v) is 18.6. The normalized spacial score (nSPS) is 23.4. The molecule has 1 saturated carbocycles. The van der Waals surface area contributed by atoms with Crippen LogP contribution in [0.5, 0.6) is 0 Å². The summed E-state index contributed by atoms with van der Waals surface area (Å²) in [6, 6.07) is 2.65. The highest BCUT2D eigenvalue weighted by atomic mass is 35.5. The van der Waals surface area contributed by atoms with Gasteiger partial charge in [0.05, 0.1) is 33.7 Å². The second-order valence-corrected chi connectivity index (χ2v) is 8.17. The number of aromatic nitrogens is 2. The second-order valence-electron chi connectivity index (χ2n) is 7.02. The minimum atomic E-state index is -0.878. The Balaban J connectivity index is 2.09. The molecule has 4 atom stereocenters. The summed E-state index contributed by atoms with van der Waals surface area (Å²) >= 11 is 18.7. The fourth-order valence-corrected chi connectivity index (χ4v) is 4.40. The monoisotopic (exact) mass is 476 g/mol. The van der Waals surface area contributed by atoms with Crippen LogP contribution < -0.4 is 0 Å². The van der Waals surface area contributed by atoms with Gasteiger partial charge >= 0.3 is 17.9 Å². The maximum Gasteiger partial charge on any atom is 0.303 e. The van der Waals surface area contributed by atoms with Crippen molar-refractivity contribution >= 4 is 63.7 Å². The van der Waals surface area contributed by atoms with Gasteiger partial charge in [0.15, 0.2) is 6.10 Å². The van der Waals surface area contributed by atoms with E-state index in [4.69, 9.17) is 49.0 Å². The Morgan fingerprint density at radius 3 is 2.20 bits per heavy atom. The number of nitrogens with zero attached hydrogens (tertiary/aromatic N) is 2. The summed E-state index contributed by atoms with van der Waals surface area (Å²) in [6.07, 6.45) is -1.38. The van der Waals surface area contributed by atoms with Crippen LogP contribution in [0.2, 0.25) is 15.3 Å². The SMILES string of the molecule is CC(=O)OC[C@@H]1C[C@H](n2c(Cl)nc3cc(Cl)c(Cl)cc32)[C@@H](OC(C)=O)C1OC(C)=O. The molecular weight excluding hydrogens is 459 g/mol. The molecule has 0 bridgehead atoms. The molecule has 0 radical (unpaired) electrons. The van der Waals surface area contributed by atoms with E-state index in [9.17, 15) is 14.4 Å². The van der Waals surface area contributed by atoms with E-state index in [0.29, 0.717) is 27.5 Å². The molecule has 1 aromatic heterocycles. The van der Waals surface area contributed by atoms with Gasteiger partial charge in [-0.25, -0.2) is 4.98 Å². The minimum Gasteiger partial charge on any atom is -0.465 e. The van der Waals surface area contributed by atoms with Gasteiger partial charge in [-0.3, -0.25) is 14.4 Å². The summed E-state index contributed by atoms with van der Waals surface area (Å²) in [5, 5.41) is 0.746. The first-order valence-electron chi connectivity index (χ1n) is 9.08. The number of hydrogen-bond acceptors (Lipinski definition) is 7. The van der Waals surface area contributed by atoms with Gasteiger partial charge in [-0.1, -0.05) is 23.2 Å². The zero-order chi connectivity index (χ0) is 22.2. The van der Waals surface area contributed by atoms with E-state index >= 15 is 0 Å². The Bertz CT molecular complexity index is 1010. The first-order valence-corrected chi connectivity index (χ1v) is 10.2. The zero-order valence-electron chi connectivity index (χ0n) is 16.4. The number of fused-ring (bicyclic) bond motifs is 1. The smallest absolute Gasteiger partial charge is 0.303 e. The molecule has 2 aromatic rings. The number of rotatable bonds is 5. The Morgan fingerprint density at radius 2 is 1.60 bits per heavy atom. The predicted molar refractivity (Wildman–Crippen MR) is 110 cm³/mol. The van der Waals surface area contributed by atoms with E-state index in [0.717, 1.165) is 0 Å². The third-order valence-electron chi connectivity index (χ3n) is 4.84. The van der Waals surface area contributed by atoms with Crippen LogP contribution in [0.4, 0.5) is 0 Å². The van der Waals surface area contributed by atoms with Gasteiger partial charge in [0.25, 0.3) is 0 Å².